The lowest BCUT2D eigenvalue weighted by atomic mass is 10.1. The monoisotopic (exact) mass is 384 g/mol. The molecule has 1 amide bonds. The Balaban J connectivity index is 1.59. The largest absolute Gasteiger partial charge is 0.454 e. The number of halogens is 1. The van der Waals surface area contributed by atoms with Crippen LogP contribution in [0.2, 0.25) is 0 Å². The Kier molecular flexibility index (Phi) is 5.40. The highest BCUT2D eigenvalue weighted by atomic mass is 79.9. The Bertz CT molecular complexity index is 573. The molecule has 0 bridgehead atoms. The minimum atomic E-state index is 0.0180. The van der Waals surface area contributed by atoms with Crippen molar-refractivity contribution in [1.29, 1.82) is 0 Å². The maximum absolute atomic E-state index is 12.7. The fourth-order valence-corrected chi connectivity index (χ4v) is 3.39. The smallest absolute Gasteiger partial charge is 0.254 e. The highest BCUT2D eigenvalue weighted by Gasteiger charge is 2.26. The van der Waals surface area contributed by atoms with Crippen molar-refractivity contribution in [2.45, 2.75) is 25.4 Å². The SMILES string of the molecule is NCCCOC1CCN(C(=O)c2cc(Br)c3c(c2)OCO3)CC1. The lowest BCUT2D eigenvalue weighted by molar-refractivity contribution is 0.00843. The lowest BCUT2D eigenvalue weighted by Gasteiger charge is -2.32. The number of nitrogens with two attached hydrogens (primary N) is 1. The quantitative estimate of drug-likeness (QED) is 0.787. The van der Waals surface area contributed by atoms with Gasteiger partial charge in [0.1, 0.15) is 0 Å². The van der Waals surface area contributed by atoms with E-state index in [1.165, 1.54) is 0 Å². The number of ether oxygens (including phenoxy) is 3. The highest BCUT2D eigenvalue weighted by Crippen LogP contribution is 2.40. The van der Waals surface area contributed by atoms with E-state index in [9.17, 15) is 4.79 Å². The van der Waals surface area contributed by atoms with Gasteiger partial charge in [0.15, 0.2) is 11.5 Å². The van der Waals surface area contributed by atoms with Crippen LogP contribution in [0.25, 0.3) is 0 Å². The van der Waals surface area contributed by atoms with Gasteiger partial charge in [-0.05, 0) is 53.9 Å². The normalized spacial score (nSPS) is 17.6. The van der Waals surface area contributed by atoms with Crippen LogP contribution in [0, 0.1) is 0 Å². The predicted octanol–water partition coefficient (Wildman–Crippen LogP) is 2.15. The highest BCUT2D eigenvalue weighted by molar-refractivity contribution is 9.10. The third-order valence-electron chi connectivity index (χ3n) is 4.11. The van der Waals surface area contributed by atoms with Gasteiger partial charge in [-0.3, -0.25) is 4.79 Å². The maximum atomic E-state index is 12.7. The second-order valence-electron chi connectivity index (χ2n) is 5.70. The predicted molar refractivity (Wildman–Crippen MR) is 88.8 cm³/mol. The van der Waals surface area contributed by atoms with Crippen LogP contribution in [0.15, 0.2) is 16.6 Å². The molecule has 126 valence electrons. The van der Waals surface area contributed by atoms with E-state index >= 15 is 0 Å². The number of benzene rings is 1. The molecule has 0 radical (unpaired) electrons. The summed E-state index contributed by atoms with van der Waals surface area (Å²) in [7, 11) is 0. The molecule has 2 N–H and O–H groups in total. The summed E-state index contributed by atoms with van der Waals surface area (Å²) in [6.07, 6.45) is 2.84. The van der Waals surface area contributed by atoms with Crippen LogP contribution >= 0.6 is 15.9 Å². The first-order valence-electron chi connectivity index (χ1n) is 7.89. The summed E-state index contributed by atoms with van der Waals surface area (Å²) in [5.74, 6) is 1.29. The maximum Gasteiger partial charge on any atom is 0.254 e. The van der Waals surface area contributed by atoms with E-state index in [1.807, 2.05) is 4.90 Å². The molecule has 1 fully saturated rings. The number of fused-ring (bicyclic) bond motifs is 1. The number of piperidine rings is 1. The van der Waals surface area contributed by atoms with E-state index in [0.717, 1.165) is 23.7 Å². The fourth-order valence-electron chi connectivity index (χ4n) is 2.83. The zero-order chi connectivity index (χ0) is 16.2. The van der Waals surface area contributed by atoms with Crippen molar-refractivity contribution >= 4 is 21.8 Å². The average Bonchev–Trinajstić information content (AvgIpc) is 3.04. The molecule has 6 nitrogen and oxygen atoms in total. The third kappa shape index (κ3) is 3.79. The molecule has 1 saturated heterocycles. The molecule has 0 unspecified atom stereocenters. The number of amides is 1. The minimum Gasteiger partial charge on any atom is -0.454 e. The molecule has 23 heavy (non-hydrogen) atoms. The van der Waals surface area contributed by atoms with Crippen molar-refractivity contribution in [2.75, 3.05) is 33.0 Å². The number of hydrogen-bond acceptors (Lipinski definition) is 5. The Hall–Kier alpha value is -1.31. The second kappa shape index (κ2) is 7.51. The van der Waals surface area contributed by atoms with Crippen LogP contribution in [0.5, 0.6) is 11.5 Å². The molecule has 2 aliphatic rings. The first-order chi connectivity index (χ1) is 11.2. The first kappa shape index (κ1) is 16.5. The number of nitrogens with zero attached hydrogens (tertiary/aromatic N) is 1. The first-order valence-corrected chi connectivity index (χ1v) is 8.68. The summed E-state index contributed by atoms with van der Waals surface area (Å²) in [4.78, 5) is 14.5. The van der Waals surface area contributed by atoms with Crippen molar-refractivity contribution in [3.05, 3.63) is 22.2 Å². The lowest BCUT2D eigenvalue weighted by Crippen LogP contribution is -2.41. The zero-order valence-electron chi connectivity index (χ0n) is 12.9. The van der Waals surface area contributed by atoms with Crippen LogP contribution in [0.1, 0.15) is 29.6 Å². The van der Waals surface area contributed by atoms with Gasteiger partial charge in [0.05, 0.1) is 10.6 Å². The molecule has 0 atom stereocenters. The van der Waals surface area contributed by atoms with Crippen molar-refractivity contribution < 1.29 is 19.0 Å². The van der Waals surface area contributed by atoms with Crippen molar-refractivity contribution in [2.24, 2.45) is 5.73 Å². The van der Waals surface area contributed by atoms with Crippen LogP contribution in [0.4, 0.5) is 0 Å². The summed E-state index contributed by atoms with van der Waals surface area (Å²) in [5, 5.41) is 0. The van der Waals surface area contributed by atoms with Gasteiger partial charge in [-0.1, -0.05) is 0 Å². The van der Waals surface area contributed by atoms with Crippen LogP contribution in [0.3, 0.4) is 0 Å². The summed E-state index contributed by atoms with van der Waals surface area (Å²) >= 11 is 3.43. The number of hydrogen-bond donors (Lipinski definition) is 1. The van der Waals surface area contributed by atoms with Gasteiger partial charge in [-0.25, -0.2) is 0 Å². The van der Waals surface area contributed by atoms with Crippen molar-refractivity contribution in [3.63, 3.8) is 0 Å². The number of likely N-dealkylation sites (tertiary alicyclic amines) is 1. The molecule has 1 aromatic rings. The van der Waals surface area contributed by atoms with E-state index in [2.05, 4.69) is 15.9 Å². The molecule has 0 saturated carbocycles. The number of carbonyl (C=O) groups is 1. The third-order valence-corrected chi connectivity index (χ3v) is 4.69. The molecule has 0 aliphatic carbocycles. The van der Waals surface area contributed by atoms with Gasteiger partial charge in [0, 0.05) is 25.3 Å². The second-order valence-corrected chi connectivity index (χ2v) is 6.55. The molecule has 7 heteroatoms. The van der Waals surface area contributed by atoms with Gasteiger partial charge < -0.3 is 24.8 Å². The summed E-state index contributed by atoms with van der Waals surface area (Å²) in [6.45, 7) is 2.95. The van der Waals surface area contributed by atoms with E-state index in [-0.39, 0.29) is 18.8 Å². The molecular formula is C16H21BrN2O4. The van der Waals surface area contributed by atoms with E-state index in [1.54, 1.807) is 12.1 Å². The van der Waals surface area contributed by atoms with Gasteiger partial charge >= 0.3 is 0 Å². The van der Waals surface area contributed by atoms with E-state index < -0.39 is 0 Å². The van der Waals surface area contributed by atoms with E-state index in [4.69, 9.17) is 19.9 Å². The Labute approximate surface area is 144 Å². The fraction of sp³-hybridized carbons (Fsp3) is 0.562. The van der Waals surface area contributed by atoms with Gasteiger partial charge in [-0.15, -0.1) is 0 Å². The van der Waals surface area contributed by atoms with E-state index in [0.29, 0.717) is 43.3 Å². The van der Waals surface area contributed by atoms with Crippen LogP contribution in [-0.2, 0) is 4.74 Å². The molecule has 1 aromatic carbocycles. The molecular weight excluding hydrogens is 364 g/mol. The standard InChI is InChI=1S/C16H21BrN2O4/c17-13-8-11(9-14-15(13)23-10-22-14)16(20)19-5-2-12(3-6-19)21-7-1-4-18/h8-9,12H,1-7,10,18H2. The Morgan fingerprint density at radius 2 is 2.13 bits per heavy atom. The Morgan fingerprint density at radius 1 is 1.35 bits per heavy atom. The summed E-state index contributed by atoms with van der Waals surface area (Å²) in [5.41, 5.74) is 6.08. The zero-order valence-corrected chi connectivity index (χ0v) is 14.5. The molecule has 0 spiro atoms. The molecule has 2 heterocycles. The van der Waals surface area contributed by atoms with Gasteiger partial charge in [0.25, 0.3) is 5.91 Å². The van der Waals surface area contributed by atoms with Crippen LogP contribution < -0.4 is 15.2 Å². The van der Waals surface area contributed by atoms with Gasteiger partial charge in [-0.2, -0.15) is 0 Å². The van der Waals surface area contributed by atoms with Crippen molar-refractivity contribution in [1.82, 2.24) is 4.90 Å². The minimum absolute atomic E-state index is 0.0180. The number of rotatable bonds is 5. The summed E-state index contributed by atoms with van der Waals surface area (Å²) < 4.78 is 17.2. The van der Waals surface area contributed by atoms with Crippen LogP contribution in [-0.4, -0.2) is 49.9 Å². The average molecular weight is 385 g/mol. The molecule has 2 aliphatic heterocycles. The van der Waals surface area contributed by atoms with Gasteiger partial charge in [0.2, 0.25) is 6.79 Å². The van der Waals surface area contributed by atoms with Crippen molar-refractivity contribution in [3.8, 4) is 11.5 Å². The molecule has 3 rings (SSSR count). The Morgan fingerprint density at radius 3 is 2.87 bits per heavy atom. The topological polar surface area (TPSA) is 74.0 Å². The summed E-state index contributed by atoms with van der Waals surface area (Å²) in [6, 6.07) is 3.54. The number of carbonyl (C=O) groups excluding carboxylic acids is 1. The molecule has 0 aromatic heterocycles.